The molecule has 2 fully saturated rings. The number of nitrogens with one attached hydrogen (secondary N) is 1. The third kappa shape index (κ3) is 5.58. The van der Waals surface area contributed by atoms with E-state index in [9.17, 15) is 24.9 Å². The van der Waals surface area contributed by atoms with Crippen molar-refractivity contribution >= 4 is 40.8 Å². The second-order valence-electron chi connectivity index (χ2n) is 8.82. The highest BCUT2D eigenvalue weighted by Gasteiger charge is 2.35. The number of rotatable bonds is 6. The summed E-state index contributed by atoms with van der Waals surface area (Å²) in [5, 5.41) is 34.2. The fraction of sp³-hybridized carbons (Fsp3) is 0.417. The zero-order valence-corrected chi connectivity index (χ0v) is 20.0. The van der Waals surface area contributed by atoms with Crippen molar-refractivity contribution in [3.05, 3.63) is 57.6 Å². The van der Waals surface area contributed by atoms with Crippen LogP contribution in [-0.2, 0) is 11.2 Å². The lowest BCUT2D eigenvalue weighted by molar-refractivity contribution is -0.136. The summed E-state index contributed by atoms with van der Waals surface area (Å²) in [6.45, 7) is 1.98. The normalized spacial score (nSPS) is 21.1. The van der Waals surface area contributed by atoms with E-state index in [0.29, 0.717) is 48.0 Å². The van der Waals surface area contributed by atoms with Gasteiger partial charge in [0, 0.05) is 54.6 Å². The van der Waals surface area contributed by atoms with Crippen LogP contribution in [0.2, 0.25) is 10.0 Å². The average Bonchev–Trinajstić information content (AvgIpc) is 3.16. The molecule has 0 bridgehead atoms. The number of aliphatic carboxylic acids is 1. The lowest BCUT2D eigenvalue weighted by Gasteiger charge is -2.34. The fourth-order valence-corrected chi connectivity index (χ4v) is 4.98. The summed E-state index contributed by atoms with van der Waals surface area (Å²) in [5.41, 5.74) is 1.65. The number of hydrogen-bond donors (Lipinski definition) is 4. The first kappa shape index (κ1) is 24.6. The van der Waals surface area contributed by atoms with Gasteiger partial charge in [-0.05, 0) is 48.7 Å². The first-order valence-electron chi connectivity index (χ1n) is 11.2. The summed E-state index contributed by atoms with van der Waals surface area (Å²) in [6, 6.07) is 9.71. The summed E-state index contributed by atoms with van der Waals surface area (Å²) in [4.78, 5) is 27.7. The molecule has 1 amide bonds. The summed E-state index contributed by atoms with van der Waals surface area (Å²) in [5.74, 6) is -1.15. The van der Waals surface area contributed by atoms with Crippen LogP contribution in [-0.4, -0.2) is 76.5 Å². The number of amides is 1. The van der Waals surface area contributed by atoms with E-state index in [1.165, 1.54) is 12.1 Å². The Morgan fingerprint density at radius 3 is 2.38 bits per heavy atom. The zero-order chi connectivity index (χ0) is 24.4. The summed E-state index contributed by atoms with van der Waals surface area (Å²) in [6.07, 6.45) is 0.618. The smallest absolute Gasteiger partial charge is 0.307 e. The number of carboxylic acid groups (broad SMARTS) is 1. The number of β-amino-alcohol motifs (C(OH)–C–C–N with tert-alkyl or cyclic N) is 1. The highest BCUT2D eigenvalue weighted by molar-refractivity contribution is 6.32. The Labute approximate surface area is 207 Å². The van der Waals surface area contributed by atoms with Crippen LogP contribution < -0.4 is 10.2 Å². The highest BCUT2D eigenvalue weighted by atomic mass is 35.5. The third-order valence-corrected chi connectivity index (χ3v) is 7.00. The van der Waals surface area contributed by atoms with Crippen molar-refractivity contribution in [1.82, 2.24) is 10.2 Å². The van der Waals surface area contributed by atoms with Crippen molar-refractivity contribution in [2.75, 3.05) is 31.1 Å². The van der Waals surface area contributed by atoms with Gasteiger partial charge in [-0.2, -0.15) is 0 Å². The van der Waals surface area contributed by atoms with E-state index in [0.717, 1.165) is 12.8 Å². The van der Waals surface area contributed by atoms with E-state index in [1.807, 2.05) is 9.80 Å². The van der Waals surface area contributed by atoms with Gasteiger partial charge >= 0.3 is 5.97 Å². The average molecular weight is 508 g/mol. The third-order valence-electron chi connectivity index (χ3n) is 6.44. The van der Waals surface area contributed by atoms with Crippen molar-refractivity contribution < 1.29 is 24.9 Å². The van der Waals surface area contributed by atoms with Crippen molar-refractivity contribution in [1.29, 1.82) is 0 Å². The van der Waals surface area contributed by atoms with E-state index in [1.54, 1.807) is 24.3 Å². The highest BCUT2D eigenvalue weighted by Crippen LogP contribution is 2.34. The molecular weight excluding hydrogens is 481 g/mol. The maximum absolute atomic E-state index is 12.7. The molecule has 2 aliphatic heterocycles. The molecule has 8 nitrogen and oxygen atoms in total. The monoisotopic (exact) mass is 507 g/mol. The molecule has 2 saturated heterocycles. The SMILES string of the molecule is O=C(O)Cc1cc(Cl)c(O)cc1N1CC(NC2CCN(C(=O)c3ccc(Cl)cc3)CC2)[C@H](O)C1. The van der Waals surface area contributed by atoms with Crippen LogP contribution >= 0.6 is 23.2 Å². The number of carboxylic acids is 1. The maximum atomic E-state index is 12.7. The number of aliphatic hydroxyl groups is 1. The summed E-state index contributed by atoms with van der Waals surface area (Å²) >= 11 is 11.9. The molecule has 10 heteroatoms. The number of carbonyl (C=O) groups is 2. The molecule has 182 valence electrons. The van der Waals surface area contributed by atoms with Gasteiger partial charge in [0.05, 0.1) is 23.6 Å². The molecule has 2 heterocycles. The van der Waals surface area contributed by atoms with Crippen molar-refractivity contribution in [3.63, 3.8) is 0 Å². The Kier molecular flexibility index (Phi) is 7.52. The number of aliphatic hydroxyl groups excluding tert-OH is 1. The lowest BCUT2D eigenvalue weighted by Crippen LogP contribution is -2.50. The van der Waals surface area contributed by atoms with Gasteiger partial charge in [-0.15, -0.1) is 0 Å². The van der Waals surface area contributed by atoms with Crippen molar-refractivity contribution in [2.45, 2.75) is 37.5 Å². The standard InChI is InChI=1S/C24H27Cl2N3O5/c25-16-3-1-14(2-4-16)24(34)28-7-5-17(6-8-28)27-19-12-29(13-22(19)31)20-11-21(30)18(26)9-15(20)10-23(32)33/h1-4,9,11,17,19,22,27,30-31H,5-8,10,12-13H2,(H,32,33)/t19?,22-/m1/s1. The van der Waals surface area contributed by atoms with E-state index >= 15 is 0 Å². The van der Waals surface area contributed by atoms with Crippen LogP contribution in [0.25, 0.3) is 0 Å². The quantitative estimate of drug-likeness (QED) is 0.475. The molecule has 0 aromatic heterocycles. The zero-order valence-electron chi connectivity index (χ0n) is 18.5. The fourth-order valence-electron chi connectivity index (χ4n) is 4.67. The minimum Gasteiger partial charge on any atom is -0.506 e. The predicted octanol–water partition coefficient (Wildman–Crippen LogP) is 2.77. The van der Waals surface area contributed by atoms with E-state index in [2.05, 4.69) is 5.32 Å². The van der Waals surface area contributed by atoms with Crippen LogP contribution in [0.5, 0.6) is 5.75 Å². The number of hydrogen-bond acceptors (Lipinski definition) is 6. The topological polar surface area (TPSA) is 113 Å². The van der Waals surface area contributed by atoms with Crippen molar-refractivity contribution in [3.8, 4) is 5.75 Å². The Bertz CT molecular complexity index is 1060. The number of anilines is 1. The van der Waals surface area contributed by atoms with Crippen LogP contribution in [0, 0.1) is 0 Å². The van der Waals surface area contributed by atoms with Crippen LogP contribution in [0.1, 0.15) is 28.8 Å². The molecule has 4 rings (SSSR count). The summed E-state index contributed by atoms with van der Waals surface area (Å²) in [7, 11) is 0. The van der Waals surface area contributed by atoms with Gasteiger partial charge in [-0.25, -0.2) is 0 Å². The number of phenols is 1. The van der Waals surface area contributed by atoms with Gasteiger partial charge in [-0.1, -0.05) is 23.2 Å². The Balaban J connectivity index is 1.36. The maximum Gasteiger partial charge on any atom is 0.307 e. The predicted molar refractivity (Wildman–Crippen MR) is 130 cm³/mol. The van der Waals surface area contributed by atoms with Crippen LogP contribution in [0.15, 0.2) is 36.4 Å². The van der Waals surface area contributed by atoms with E-state index in [4.69, 9.17) is 23.2 Å². The minimum absolute atomic E-state index is 0.0179. The number of benzene rings is 2. The number of likely N-dealkylation sites (tertiary alicyclic amines) is 1. The van der Waals surface area contributed by atoms with Gasteiger partial charge in [0.2, 0.25) is 0 Å². The van der Waals surface area contributed by atoms with Gasteiger partial charge < -0.3 is 30.4 Å². The van der Waals surface area contributed by atoms with Gasteiger partial charge in [0.25, 0.3) is 5.91 Å². The van der Waals surface area contributed by atoms with Gasteiger partial charge in [0.1, 0.15) is 5.75 Å². The van der Waals surface area contributed by atoms with Gasteiger partial charge in [-0.3, -0.25) is 9.59 Å². The number of aromatic hydroxyl groups is 1. The van der Waals surface area contributed by atoms with Crippen LogP contribution in [0.3, 0.4) is 0 Å². The molecule has 1 unspecified atom stereocenters. The molecule has 0 saturated carbocycles. The first-order chi connectivity index (χ1) is 16.2. The second-order valence-corrected chi connectivity index (χ2v) is 9.67. The summed E-state index contributed by atoms with van der Waals surface area (Å²) < 4.78 is 0. The molecule has 2 aliphatic rings. The largest absolute Gasteiger partial charge is 0.506 e. The lowest BCUT2D eigenvalue weighted by atomic mass is 10.0. The number of piperidine rings is 1. The number of phenolic OH excluding ortho intramolecular Hbond substituents is 1. The first-order valence-corrected chi connectivity index (χ1v) is 11.9. The molecule has 2 aromatic carbocycles. The van der Waals surface area contributed by atoms with Crippen LogP contribution in [0.4, 0.5) is 5.69 Å². The molecule has 2 atom stereocenters. The molecule has 0 spiro atoms. The molecule has 0 aliphatic carbocycles. The van der Waals surface area contributed by atoms with Gasteiger partial charge in [0.15, 0.2) is 0 Å². The molecular formula is C24H27Cl2N3O5. The van der Waals surface area contributed by atoms with Crippen molar-refractivity contribution in [2.24, 2.45) is 0 Å². The Hall–Kier alpha value is -2.52. The minimum atomic E-state index is -1.00. The second kappa shape index (κ2) is 10.4. The molecule has 2 aromatic rings. The van der Waals surface area contributed by atoms with E-state index < -0.39 is 12.1 Å². The number of nitrogens with zero attached hydrogens (tertiary/aromatic N) is 2. The Morgan fingerprint density at radius 1 is 1.06 bits per heavy atom. The molecule has 4 N–H and O–H groups in total. The number of halogens is 2. The molecule has 0 radical (unpaired) electrons. The number of carbonyl (C=O) groups excluding carboxylic acids is 1. The Morgan fingerprint density at radius 2 is 1.74 bits per heavy atom. The molecule has 34 heavy (non-hydrogen) atoms. The van der Waals surface area contributed by atoms with E-state index in [-0.39, 0.29) is 35.2 Å².